The predicted molar refractivity (Wildman–Crippen MR) is 175 cm³/mol. The average Bonchev–Trinajstić information content (AvgIpc) is 3.57. The van der Waals surface area contributed by atoms with Crippen LogP contribution in [0.4, 0.5) is 5.69 Å². The van der Waals surface area contributed by atoms with E-state index in [-0.39, 0.29) is 30.4 Å². The summed E-state index contributed by atoms with van der Waals surface area (Å²) in [6.45, 7) is 12.3. The van der Waals surface area contributed by atoms with E-state index in [0.29, 0.717) is 32.3 Å². The first kappa shape index (κ1) is 32.6. The van der Waals surface area contributed by atoms with Gasteiger partial charge in [-0.1, -0.05) is 24.3 Å². The van der Waals surface area contributed by atoms with Crippen molar-refractivity contribution < 1.29 is 23.8 Å². The van der Waals surface area contributed by atoms with Crippen LogP contribution in [0, 0.1) is 0 Å². The van der Waals surface area contributed by atoms with Crippen LogP contribution in [0.25, 0.3) is 0 Å². The number of esters is 1. The van der Waals surface area contributed by atoms with Gasteiger partial charge in [0, 0.05) is 63.7 Å². The Hall–Kier alpha value is -3.80. The van der Waals surface area contributed by atoms with Gasteiger partial charge in [-0.2, -0.15) is 0 Å². The Morgan fingerprint density at radius 3 is 2.42 bits per heavy atom. The molecule has 2 N–H and O–H groups in total. The number of benzene rings is 2. The summed E-state index contributed by atoms with van der Waals surface area (Å²) in [5, 5.41) is 6.41. The Morgan fingerprint density at radius 1 is 1.02 bits per heavy atom. The predicted octanol–water partition coefficient (Wildman–Crippen LogP) is 3.46. The number of hydrogen-bond acceptors (Lipinski definition) is 10. The maximum atomic E-state index is 12.5. The fourth-order valence-electron chi connectivity index (χ4n) is 5.49. The Balaban J connectivity index is 0.976. The van der Waals surface area contributed by atoms with Gasteiger partial charge in [0.1, 0.15) is 24.1 Å². The largest absolute Gasteiger partial charge is 0.492 e. The molecular formula is C34H46N6O5. The lowest BCUT2D eigenvalue weighted by Gasteiger charge is -2.35. The summed E-state index contributed by atoms with van der Waals surface area (Å²) >= 11 is 0. The van der Waals surface area contributed by atoms with Crippen molar-refractivity contribution in [1.29, 1.82) is 0 Å². The SMILES string of the molecule is CC(C)(C)OC(=O)CNCc1ccc(C2C=NC(Nc3ccc(OCCN4CCN(C(=O)C5CCCO5)CC4)cc3)=NC2)cc1. The number of carbonyl (C=O) groups is 2. The fraction of sp³-hybridized carbons (Fsp3) is 0.529. The van der Waals surface area contributed by atoms with Crippen LogP contribution in [-0.4, -0.2) is 105 Å². The third-order valence-electron chi connectivity index (χ3n) is 7.92. The number of anilines is 1. The van der Waals surface area contributed by atoms with Crippen molar-refractivity contribution in [3.05, 3.63) is 59.7 Å². The van der Waals surface area contributed by atoms with Crippen LogP contribution in [0.2, 0.25) is 0 Å². The van der Waals surface area contributed by atoms with E-state index in [1.807, 2.05) is 56.2 Å². The van der Waals surface area contributed by atoms with Crippen LogP contribution >= 0.6 is 0 Å². The van der Waals surface area contributed by atoms with E-state index < -0.39 is 5.60 Å². The highest BCUT2D eigenvalue weighted by Gasteiger charge is 2.30. The molecule has 0 spiro atoms. The first-order chi connectivity index (χ1) is 21.7. The first-order valence-corrected chi connectivity index (χ1v) is 15.9. The molecule has 2 unspecified atom stereocenters. The Labute approximate surface area is 266 Å². The summed E-state index contributed by atoms with van der Waals surface area (Å²) in [5.41, 5.74) is 2.65. The van der Waals surface area contributed by atoms with E-state index >= 15 is 0 Å². The van der Waals surface area contributed by atoms with Crippen LogP contribution in [0.5, 0.6) is 5.75 Å². The molecule has 1 amide bonds. The molecule has 5 rings (SSSR count). The molecule has 0 bridgehead atoms. The van der Waals surface area contributed by atoms with Gasteiger partial charge >= 0.3 is 5.97 Å². The lowest BCUT2D eigenvalue weighted by atomic mass is 9.98. The molecule has 2 saturated heterocycles. The van der Waals surface area contributed by atoms with E-state index in [1.165, 1.54) is 0 Å². The number of rotatable bonds is 11. The van der Waals surface area contributed by atoms with Crippen LogP contribution in [0.1, 0.15) is 50.7 Å². The van der Waals surface area contributed by atoms with Gasteiger partial charge in [-0.05, 0) is 69.0 Å². The van der Waals surface area contributed by atoms with E-state index in [4.69, 9.17) is 14.2 Å². The molecule has 2 atom stereocenters. The molecular weight excluding hydrogens is 572 g/mol. The molecule has 2 aromatic rings. The summed E-state index contributed by atoms with van der Waals surface area (Å²) < 4.78 is 16.9. The number of guanidine groups is 1. The van der Waals surface area contributed by atoms with E-state index in [2.05, 4.69) is 49.8 Å². The maximum Gasteiger partial charge on any atom is 0.320 e. The first-order valence-electron chi connectivity index (χ1n) is 15.9. The van der Waals surface area contributed by atoms with Gasteiger partial charge in [0.25, 0.3) is 5.91 Å². The molecule has 11 nitrogen and oxygen atoms in total. The highest BCUT2D eigenvalue weighted by molar-refractivity contribution is 6.00. The number of nitrogens with zero attached hydrogens (tertiary/aromatic N) is 4. The third kappa shape index (κ3) is 10.1. The molecule has 11 heteroatoms. The molecule has 3 heterocycles. The van der Waals surface area contributed by atoms with Crippen molar-refractivity contribution in [3.8, 4) is 5.75 Å². The normalized spacial score (nSPS) is 20.5. The molecule has 2 aromatic carbocycles. The van der Waals surface area contributed by atoms with E-state index in [9.17, 15) is 9.59 Å². The van der Waals surface area contributed by atoms with E-state index in [1.54, 1.807) is 0 Å². The highest BCUT2D eigenvalue weighted by Crippen LogP contribution is 2.21. The highest BCUT2D eigenvalue weighted by atomic mass is 16.6. The molecule has 0 saturated carbocycles. The number of aliphatic imine (C=N–C) groups is 2. The average molecular weight is 619 g/mol. The summed E-state index contributed by atoms with van der Waals surface area (Å²) in [6, 6.07) is 16.1. The van der Waals surface area contributed by atoms with Gasteiger partial charge in [-0.15, -0.1) is 0 Å². The number of nitrogens with one attached hydrogen (secondary N) is 2. The summed E-state index contributed by atoms with van der Waals surface area (Å²) in [6.07, 6.45) is 3.52. The van der Waals surface area contributed by atoms with Gasteiger partial charge in [-0.3, -0.25) is 19.5 Å². The summed E-state index contributed by atoms with van der Waals surface area (Å²) in [7, 11) is 0. The number of piperazine rings is 1. The monoisotopic (exact) mass is 618 g/mol. The zero-order valence-electron chi connectivity index (χ0n) is 26.7. The number of hydrogen-bond donors (Lipinski definition) is 2. The minimum Gasteiger partial charge on any atom is -0.492 e. The molecule has 3 aliphatic rings. The summed E-state index contributed by atoms with van der Waals surface area (Å²) in [5.74, 6) is 1.40. The standard InChI is InChI=1S/C34H46N6O5/c1-34(2,3)45-31(41)24-35-21-25-6-8-26(9-7-25)27-22-36-33(37-23-27)38-28-10-12-29(13-11-28)43-20-18-39-14-16-40(17-15-39)32(42)30-5-4-19-44-30/h6-13,22,27,30,35H,4-5,14-21,23-24H2,1-3H3,(H,37,38). The van der Waals surface area contributed by atoms with Crippen molar-refractivity contribution in [2.45, 2.75) is 57.8 Å². The second-order valence-corrected chi connectivity index (χ2v) is 12.6. The molecule has 45 heavy (non-hydrogen) atoms. The van der Waals surface area contributed by atoms with Gasteiger partial charge < -0.3 is 29.7 Å². The molecule has 2 fully saturated rings. The van der Waals surface area contributed by atoms with Crippen molar-refractivity contribution in [1.82, 2.24) is 15.1 Å². The van der Waals surface area contributed by atoms with Gasteiger partial charge in [0.05, 0.1) is 13.1 Å². The Kier molecular flexibility index (Phi) is 11.2. The third-order valence-corrected chi connectivity index (χ3v) is 7.92. The number of amides is 1. The lowest BCUT2D eigenvalue weighted by Crippen LogP contribution is -2.52. The van der Waals surface area contributed by atoms with Gasteiger partial charge in [-0.25, -0.2) is 4.99 Å². The molecule has 0 aromatic heterocycles. The maximum absolute atomic E-state index is 12.5. The van der Waals surface area contributed by atoms with Crippen molar-refractivity contribution in [2.24, 2.45) is 9.98 Å². The topological polar surface area (TPSA) is 117 Å². The van der Waals surface area contributed by atoms with Crippen molar-refractivity contribution in [3.63, 3.8) is 0 Å². The van der Waals surface area contributed by atoms with Crippen LogP contribution in [0.15, 0.2) is 58.5 Å². The van der Waals surface area contributed by atoms with E-state index in [0.717, 1.165) is 68.1 Å². The fourth-order valence-corrected chi connectivity index (χ4v) is 5.49. The lowest BCUT2D eigenvalue weighted by molar-refractivity contribution is -0.153. The molecule has 3 aliphatic heterocycles. The smallest absolute Gasteiger partial charge is 0.320 e. The van der Waals surface area contributed by atoms with Gasteiger partial charge in [0.15, 0.2) is 0 Å². The Bertz CT molecular complexity index is 1320. The van der Waals surface area contributed by atoms with Crippen LogP contribution in [-0.2, 0) is 25.6 Å². The minimum absolute atomic E-state index is 0.111. The zero-order chi connectivity index (χ0) is 31.6. The van der Waals surface area contributed by atoms with Gasteiger partial charge in [0.2, 0.25) is 5.96 Å². The van der Waals surface area contributed by atoms with Crippen molar-refractivity contribution >= 4 is 29.7 Å². The van der Waals surface area contributed by atoms with Crippen molar-refractivity contribution in [2.75, 3.05) is 64.3 Å². The summed E-state index contributed by atoms with van der Waals surface area (Å²) in [4.78, 5) is 37.9. The number of carbonyl (C=O) groups excluding carboxylic acids is 2. The van der Waals surface area contributed by atoms with Crippen LogP contribution < -0.4 is 15.4 Å². The Morgan fingerprint density at radius 2 is 1.78 bits per heavy atom. The quantitative estimate of drug-likeness (QED) is 0.368. The minimum atomic E-state index is -0.479. The second-order valence-electron chi connectivity index (χ2n) is 12.6. The molecule has 0 aliphatic carbocycles. The number of ether oxygens (including phenoxy) is 3. The van der Waals surface area contributed by atoms with Crippen LogP contribution in [0.3, 0.4) is 0 Å². The molecule has 0 radical (unpaired) electrons. The molecule has 242 valence electrons. The zero-order valence-corrected chi connectivity index (χ0v) is 26.7. The second kappa shape index (κ2) is 15.5.